The molecule has 3 nitrogen and oxygen atoms in total. The molecule has 0 saturated carbocycles. The zero-order valence-electron chi connectivity index (χ0n) is 10.7. The Bertz CT molecular complexity index is 428. The van der Waals surface area contributed by atoms with Crippen molar-refractivity contribution in [3.05, 3.63) is 29.3 Å². The summed E-state index contributed by atoms with van der Waals surface area (Å²) in [6.07, 6.45) is 3.81. The first-order valence-electron chi connectivity index (χ1n) is 6.43. The molecule has 0 aliphatic carbocycles. The molecule has 1 fully saturated rings. The summed E-state index contributed by atoms with van der Waals surface area (Å²) >= 11 is 5.08. The van der Waals surface area contributed by atoms with Gasteiger partial charge in [0.15, 0.2) is 0 Å². The lowest BCUT2D eigenvalue weighted by Crippen LogP contribution is -2.17. The minimum absolute atomic E-state index is 0.412. The molecule has 1 heterocycles. The van der Waals surface area contributed by atoms with E-state index in [1.54, 1.807) is 0 Å². The van der Waals surface area contributed by atoms with E-state index < -0.39 is 0 Å². The van der Waals surface area contributed by atoms with Crippen LogP contribution in [0.2, 0.25) is 0 Å². The van der Waals surface area contributed by atoms with Crippen molar-refractivity contribution in [1.29, 1.82) is 0 Å². The van der Waals surface area contributed by atoms with Crippen LogP contribution in [0.3, 0.4) is 0 Å². The number of benzene rings is 1. The van der Waals surface area contributed by atoms with Crippen molar-refractivity contribution in [2.24, 2.45) is 5.73 Å². The van der Waals surface area contributed by atoms with Gasteiger partial charge in [0.2, 0.25) is 0 Å². The van der Waals surface area contributed by atoms with E-state index in [0.29, 0.717) is 11.1 Å². The van der Waals surface area contributed by atoms with Gasteiger partial charge in [-0.3, -0.25) is 0 Å². The quantitative estimate of drug-likeness (QED) is 0.803. The molecule has 1 aliphatic heterocycles. The van der Waals surface area contributed by atoms with Crippen LogP contribution in [0.5, 0.6) is 0 Å². The van der Waals surface area contributed by atoms with Gasteiger partial charge >= 0.3 is 0 Å². The van der Waals surface area contributed by atoms with Crippen molar-refractivity contribution in [2.45, 2.75) is 32.3 Å². The van der Waals surface area contributed by atoms with Crippen molar-refractivity contribution in [1.82, 2.24) is 0 Å². The molecule has 1 saturated heterocycles. The normalized spacial score (nSPS) is 18.8. The second-order valence-electron chi connectivity index (χ2n) is 4.71. The lowest BCUT2D eigenvalue weighted by atomic mass is 10.1. The number of ether oxygens (including phenoxy) is 1. The summed E-state index contributed by atoms with van der Waals surface area (Å²) in [4.78, 5) is 0.443. The minimum Gasteiger partial charge on any atom is -0.389 e. The van der Waals surface area contributed by atoms with E-state index >= 15 is 0 Å². The molecule has 0 spiro atoms. The summed E-state index contributed by atoms with van der Waals surface area (Å²) in [6.45, 7) is 3.87. The Labute approximate surface area is 114 Å². The Morgan fingerprint density at radius 2 is 2.39 bits per heavy atom. The number of para-hydroxylation sites is 1. The van der Waals surface area contributed by atoms with Crippen molar-refractivity contribution >= 4 is 22.9 Å². The van der Waals surface area contributed by atoms with Crippen LogP contribution in [0, 0.1) is 6.92 Å². The van der Waals surface area contributed by atoms with Crippen LogP contribution in [0.15, 0.2) is 18.2 Å². The Morgan fingerprint density at radius 3 is 3.06 bits per heavy atom. The molecule has 3 N–H and O–H groups in total. The highest BCUT2D eigenvalue weighted by Gasteiger charge is 2.15. The van der Waals surface area contributed by atoms with Crippen LogP contribution < -0.4 is 11.1 Å². The summed E-state index contributed by atoms with van der Waals surface area (Å²) in [7, 11) is 0. The van der Waals surface area contributed by atoms with Crippen molar-refractivity contribution in [2.75, 3.05) is 18.5 Å². The largest absolute Gasteiger partial charge is 0.389 e. The Morgan fingerprint density at radius 1 is 1.56 bits per heavy atom. The maximum atomic E-state index is 5.74. The average molecular weight is 264 g/mol. The van der Waals surface area contributed by atoms with Gasteiger partial charge in [-0.15, -0.1) is 0 Å². The molecule has 1 aromatic carbocycles. The summed E-state index contributed by atoms with van der Waals surface area (Å²) in [5, 5.41) is 3.44. The molecular weight excluding hydrogens is 244 g/mol. The molecule has 0 aromatic heterocycles. The second-order valence-corrected chi connectivity index (χ2v) is 5.15. The highest BCUT2D eigenvalue weighted by molar-refractivity contribution is 7.80. The maximum Gasteiger partial charge on any atom is 0.106 e. The van der Waals surface area contributed by atoms with Crippen LogP contribution >= 0.6 is 12.2 Å². The highest BCUT2D eigenvalue weighted by Crippen LogP contribution is 2.21. The first-order chi connectivity index (χ1) is 8.68. The van der Waals surface area contributed by atoms with Crippen LogP contribution in [0.25, 0.3) is 0 Å². The Balaban J connectivity index is 1.97. The van der Waals surface area contributed by atoms with Crippen molar-refractivity contribution in [3.8, 4) is 0 Å². The zero-order valence-corrected chi connectivity index (χ0v) is 11.6. The van der Waals surface area contributed by atoms with E-state index in [9.17, 15) is 0 Å². The third-order valence-electron chi connectivity index (χ3n) is 3.33. The monoisotopic (exact) mass is 264 g/mol. The average Bonchev–Trinajstić information content (AvgIpc) is 2.84. The summed E-state index contributed by atoms with van der Waals surface area (Å²) in [5.41, 5.74) is 8.90. The van der Waals surface area contributed by atoms with E-state index in [1.807, 2.05) is 12.1 Å². The predicted octanol–water partition coefficient (Wildman–Crippen LogP) is 2.61. The van der Waals surface area contributed by atoms with E-state index in [2.05, 4.69) is 18.3 Å². The standard InChI is InChI=1S/C14H20N2OS/c1-10-4-2-6-12(14(15)18)13(10)16-8-7-11-5-3-9-17-11/h2,4,6,11,16H,3,5,7-9H2,1H3,(H2,15,18). The SMILES string of the molecule is Cc1cccc(C(N)=S)c1NCCC1CCCO1. The lowest BCUT2D eigenvalue weighted by Gasteiger charge is -2.15. The summed E-state index contributed by atoms with van der Waals surface area (Å²) in [6, 6.07) is 6.01. The fourth-order valence-electron chi connectivity index (χ4n) is 2.34. The molecule has 1 atom stereocenters. The first kappa shape index (κ1) is 13.3. The van der Waals surface area contributed by atoms with Gasteiger partial charge < -0.3 is 15.8 Å². The number of nitrogens with one attached hydrogen (secondary N) is 1. The van der Waals surface area contributed by atoms with Crippen LogP contribution in [0.1, 0.15) is 30.4 Å². The topological polar surface area (TPSA) is 47.3 Å². The summed E-state index contributed by atoms with van der Waals surface area (Å²) < 4.78 is 5.61. The molecule has 1 aliphatic rings. The maximum absolute atomic E-state index is 5.74. The van der Waals surface area contributed by atoms with Gasteiger partial charge in [-0.1, -0.05) is 24.4 Å². The van der Waals surface area contributed by atoms with E-state index in [4.69, 9.17) is 22.7 Å². The third kappa shape index (κ3) is 3.21. The first-order valence-corrected chi connectivity index (χ1v) is 6.84. The van der Waals surface area contributed by atoms with Crippen LogP contribution in [-0.2, 0) is 4.74 Å². The summed E-state index contributed by atoms with van der Waals surface area (Å²) in [5.74, 6) is 0. The van der Waals surface area contributed by atoms with Crippen molar-refractivity contribution in [3.63, 3.8) is 0 Å². The number of nitrogens with two attached hydrogens (primary N) is 1. The van der Waals surface area contributed by atoms with Gasteiger partial charge in [0.05, 0.1) is 6.10 Å². The van der Waals surface area contributed by atoms with Gasteiger partial charge in [-0.25, -0.2) is 0 Å². The molecule has 2 rings (SSSR count). The van der Waals surface area contributed by atoms with E-state index in [-0.39, 0.29) is 0 Å². The number of hydrogen-bond acceptors (Lipinski definition) is 3. The highest BCUT2D eigenvalue weighted by atomic mass is 32.1. The molecular formula is C14H20N2OS. The number of aryl methyl sites for hydroxylation is 1. The molecule has 0 bridgehead atoms. The second kappa shape index (κ2) is 6.16. The van der Waals surface area contributed by atoms with Gasteiger partial charge in [0.25, 0.3) is 0 Å². The number of anilines is 1. The number of thiocarbonyl (C=S) groups is 1. The minimum atomic E-state index is 0.412. The fourth-order valence-corrected chi connectivity index (χ4v) is 2.51. The van der Waals surface area contributed by atoms with E-state index in [1.165, 1.54) is 18.4 Å². The zero-order chi connectivity index (χ0) is 13.0. The smallest absolute Gasteiger partial charge is 0.106 e. The van der Waals surface area contributed by atoms with Crippen molar-refractivity contribution < 1.29 is 4.74 Å². The Kier molecular flexibility index (Phi) is 4.55. The predicted molar refractivity (Wildman–Crippen MR) is 79.1 cm³/mol. The lowest BCUT2D eigenvalue weighted by molar-refractivity contribution is 0.107. The van der Waals surface area contributed by atoms with Gasteiger partial charge in [0, 0.05) is 24.4 Å². The van der Waals surface area contributed by atoms with Crippen LogP contribution in [-0.4, -0.2) is 24.2 Å². The molecule has 0 radical (unpaired) electrons. The van der Waals surface area contributed by atoms with Gasteiger partial charge in [0.1, 0.15) is 4.99 Å². The molecule has 0 amide bonds. The number of rotatable bonds is 5. The third-order valence-corrected chi connectivity index (χ3v) is 3.55. The molecule has 18 heavy (non-hydrogen) atoms. The number of hydrogen-bond donors (Lipinski definition) is 2. The molecule has 1 unspecified atom stereocenters. The molecule has 1 aromatic rings. The van der Waals surface area contributed by atoms with Crippen LogP contribution in [0.4, 0.5) is 5.69 Å². The van der Waals surface area contributed by atoms with E-state index in [0.717, 1.165) is 30.8 Å². The molecule has 98 valence electrons. The van der Waals surface area contributed by atoms with Gasteiger partial charge in [-0.05, 0) is 37.8 Å². The molecule has 4 heteroatoms. The van der Waals surface area contributed by atoms with Gasteiger partial charge in [-0.2, -0.15) is 0 Å². The Hall–Kier alpha value is -1.13. The fraction of sp³-hybridized carbons (Fsp3) is 0.500.